The molecule has 0 radical (unpaired) electrons. The SMILES string of the molecule is CCCCOc1ccc(Cl)cc1C(=O)NCCc1ccc(-c2cccc(C(=O)O)c2)cc1. The van der Waals surface area contributed by atoms with E-state index in [1.54, 1.807) is 36.4 Å². The fraction of sp³-hybridized carbons (Fsp3) is 0.231. The van der Waals surface area contributed by atoms with Crippen LogP contribution in [0, 0.1) is 0 Å². The number of amides is 1. The van der Waals surface area contributed by atoms with E-state index in [2.05, 4.69) is 12.2 Å². The molecule has 3 aromatic carbocycles. The first-order valence-electron chi connectivity index (χ1n) is 10.6. The van der Waals surface area contributed by atoms with Crippen molar-refractivity contribution in [2.75, 3.05) is 13.2 Å². The van der Waals surface area contributed by atoms with Gasteiger partial charge in [0, 0.05) is 11.6 Å². The number of benzene rings is 3. The number of unbranched alkanes of at least 4 members (excludes halogenated alkanes) is 1. The van der Waals surface area contributed by atoms with Gasteiger partial charge in [0.25, 0.3) is 5.91 Å². The van der Waals surface area contributed by atoms with Gasteiger partial charge >= 0.3 is 5.97 Å². The summed E-state index contributed by atoms with van der Waals surface area (Å²) >= 11 is 6.08. The van der Waals surface area contributed by atoms with Gasteiger partial charge in [0.1, 0.15) is 5.75 Å². The molecule has 0 aliphatic rings. The Labute approximate surface area is 193 Å². The van der Waals surface area contributed by atoms with Crippen LogP contribution in [0.1, 0.15) is 46.0 Å². The van der Waals surface area contributed by atoms with Crippen LogP contribution in [0.4, 0.5) is 0 Å². The highest BCUT2D eigenvalue weighted by atomic mass is 35.5. The molecular weight excluding hydrogens is 426 g/mol. The summed E-state index contributed by atoms with van der Waals surface area (Å²) in [6.07, 6.45) is 2.59. The summed E-state index contributed by atoms with van der Waals surface area (Å²) in [5.74, 6) is -0.632. The van der Waals surface area contributed by atoms with Crippen molar-refractivity contribution in [2.45, 2.75) is 26.2 Å². The highest BCUT2D eigenvalue weighted by Crippen LogP contribution is 2.24. The van der Waals surface area contributed by atoms with Crippen LogP contribution >= 0.6 is 11.6 Å². The van der Waals surface area contributed by atoms with E-state index in [-0.39, 0.29) is 11.5 Å². The second-order valence-electron chi connectivity index (χ2n) is 7.43. The lowest BCUT2D eigenvalue weighted by Gasteiger charge is -2.12. The summed E-state index contributed by atoms with van der Waals surface area (Å²) in [6.45, 7) is 3.10. The first-order valence-corrected chi connectivity index (χ1v) is 11.0. The van der Waals surface area contributed by atoms with Gasteiger partial charge in [-0.25, -0.2) is 4.79 Å². The topological polar surface area (TPSA) is 75.6 Å². The molecule has 2 N–H and O–H groups in total. The zero-order valence-electron chi connectivity index (χ0n) is 17.9. The van der Waals surface area contributed by atoms with Crippen molar-refractivity contribution in [1.29, 1.82) is 0 Å². The van der Waals surface area contributed by atoms with E-state index in [1.165, 1.54) is 0 Å². The van der Waals surface area contributed by atoms with E-state index in [0.717, 1.165) is 29.5 Å². The smallest absolute Gasteiger partial charge is 0.335 e. The van der Waals surface area contributed by atoms with E-state index < -0.39 is 5.97 Å². The van der Waals surface area contributed by atoms with Gasteiger partial charge < -0.3 is 15.2 Å². The first-order chi connectivity index (χ1) is 15.5. The van der Waals surface area contributed by atoms with Crippen LogP contribution in [0.5, 0.6) is 5.75 Å². The fourth-order valence-corrected chi connectivity index (χ4v) is 3.42. The average molecular weight is 452 g/mol. The number of hydrogen-bond acceptors (Lipinski definition) is 3. The molecular formula is C26H26ClNO4. The molecule has 0 fully saturated rings. The zero-order chi connectivity index (χ0) is 22.9. The van der Waals surface area contributed by atoms with E-state index in [0.29, 0.717) is 35.9 Å². The highest BCUT2D eigenvalue weighted by molar-refractivity contribution is 6.31. The molecule has 1 amide bonds. The number of halogens is 1. The second kappa shape index (κ2) is 11.3. The molecule has 3 rings (SSSR count). The van der Waals surface area contributed by atoms with Gasteiger partial charge in [0.2, 0.25) is 0 Å². The summed E-state index contributed by atoms with van der Waals surface area (Å²) in [7, 11) is 0. The maximum Gasteiger partial charge on any atom is 0.335 e. The molecule has 32 heavy (non-hydrogen) atoms. The Hall–Kier alpha value is -3.31. The minimum Gasteiger partial charge on any atom is -0.493 e. The largest absolute Gasteiger partial charge is 0.493 e. The molecule has 6 heteroatoms. The number of carbonyl (C=O) groups excluding carboxylic acids is 1. The molecule has 0 aromatic heterocycles. The van der Waals surface area contributed by atoms with Crippen molar-refractivity contribution in [1.82, 2.24) is 5.32 Å². The van der Waals surface area contributed by atoms with Crippen molar-refractivity contribution < 1.29 is 19.4 Å². The molecule has 0 saturated carbocycles. The third-order valence-corrected chi connectivity index (χ3v) is 5.27. The first kappa shape index (κ1) is 23.4. The van der Waals surface area contributed by atoms with Crippen LogP contribution < -0.4 is 10.1 Å². The Bertz CT molecular complexity index is 1080. The Balaban J connectivity index is 1.59. The molecule has 0 aliphatic carbocycles. The van der Waals surface area contributed by atoms with Gasteiger partial charge in [0.05, 0.1) is 17.7 Å². The third kappa shape index (κ3) is 6.34. The third-order valence-electron chi connectivity index (χ3n) is 5.04. The molecule has 0 bridgehead atoms. The molecule has 5 nitrogen and oxygen atoms in total. The van der Waals surface area contributed by atoms with Crippen molar-refractivity contribution in [2.24, 2.45) is 0 Å². The summed E-state index contributed by atoms with van der Waals surface area (Å²) < 4.78 is 5.74. The number of hydrogen-bond donors (Lipinski definition) is 2. The maximum atomic E-state index is 12.7. The van der Waals surface area contributed by atoms with Crippen LogP contribution in [0.2, 0.25) is 5.02 Å². The van der Waals surface area contributed by atoms with Gasteiger partial charge in [-0.2, -0.15) is 0 Å². The lowest BCUT2D eigenvalue weighted by Crippen LogP contribution is -2.26. The monoisotopic (exact) mass is 451 g/mol. The average Bonchev–Trinajstić information content (AvgIpc) is 2.80. The summed E-state index contributed by atoms with van der Waals surface area (Å²) in [5.41, 5.74) is 3.54. The van der Waals surface area contributed by atoms with Crippen LogP contribution in [-0.2, 0) is 6.42 Å². The number of nitrogens with one attached hydrogen (secondary N) is 1. The van der Waals surface area contributed by atoms with E-state index in [4.69, 9.17) is 21.4 Å². The van der Waals surface area contributed by atoms with Gasteiger partial charge in [-0.15, -0.1) is 0 Å². The van der Waals surface area contributed by atoms with Crippen molar-refractivity contribution in [3.05, 3.63) is 88.4 Å². The lowest BCUT2D eigenvalue weighted by molar-refractivity contribution is 0.0696. The van der Waals surface area contributed by atoms with Crippen LogP contribution in [-0.4, -0.2) is 30.1 Å². The predicted molar refractivity (Wildman–Crippen MR) is 127 cm³/mol. The Kier molecular flexibility index (Phi) is 8.28. The number of carbonyl (C=O) groups is 2. The minimum atomic E-state index is -0.946. The van der Waals surface area contributed by atoms with E-state index >= 15 is 0 Å². The number of carboxylic acid groups (broad SMARTS) is 1. The molecule has 166 valence electrons. The molecule has 0 saturated heterocycles. The Morgan fingerprint density at radius 2 is 1.78 bits per heavy atom. The predicted octanol–water partition coefficient (Wildman–Crippen LogP) is 5.86. The fourth-order valence-electron chi connectivity index (χ4n) is 3.24. The summed E-state index contributed by atoms with van der Waals surface area (Å²) in [5, 5.41) is 12.6. The molecule has 0 atom stereocenters. The van der Waals surface area contributed by atoms with Gasteiger partial charge in [-0.3, -0.25) is 4.79 Å². The van der Waals surface area contributed by atoms with Crippen LogP contribution in [0.25, 0.3) is 11.1 Å². The number of carboxylic acids is 1. The summed E-state index contributed by atoms with van der Waals surface area (Å²) in [4.78, 5) is 23.8. The standard InChI is InChI=1S/C26H26ClNO4/c1-2-3-15-32-24-12-11-22(27)17-23(24)25(29)28-14-13-18-7-9-19(10-8-18)20-5-4-6-21(16-20)26(30)31/h4-12,16-17H,2-3,13-15H2,1H3,(H,28,29)(H,30,31). The van der Waals surface area contributed by atoms with Crippen molar-refractivity contribution in [3.8, 4) is 16.9 Å². The molecule has 0 aliphatic heterocycles. The number of ether oxygens (including phenoxy) is 1. The normalized spacial score (nSPS) is 10.6. The van der Waals surface area contributed by atoms with Gasteiger partial charge in [-0.05, 0) is 59.9 Å². The quantitative estimate of drug-likeness (QED) is 0.379. The lowest BCUT2D eigenvalue weighted by atomic mass is 10.0. The van der Waals surface area contributed by atoms with Crippen LogP contribution in [0.3, 0.4) is 0 Å². The van der Waals surface area contributed by atoms with Gasteiger partial charge in [0.15, 0.2) is 0 Å². The number of aromatic carboxylic acids is 1. The van der Waals surface area contributed by atoms with Gasteiger partial charge in [-0.1, -0.05) is 61.3 Å². The number of rotatable bonds is 10. The molecule has 0 heterocycles. The Morgan fingerprint density at radius 1 is 1.00 bits per heavy atom. The molecule has 0 spiro atoms. The second-order valence-corrected chi connectivity index (χ2v) is 7.87. The van der Waals surface area contributed by atoms with Crippen LogP contribution in [0.15, 0.2) is 66.7 Å². The Morgan fingerprint density at radius 3 is 2.50 bits per heavy atom. The van der Waals surface area contributed by atoms with Crippen molar-refractivity contribution >= 4 is 23.5 Å². The van der Waals surface area contributed by atoms with E-state index in [9.17, 15) is 9.59 Å². The zero-order valence-corrected chi connectivity index (χ0v) is 18.7. The minimum absolute atomic E-state index is 0.221. The van der Waals surface area contributed by atoms with Crippen molar-refractivity contribution in [3.63, 3.8) is 0 Å². The molecule has 0 unspecified atom stereocenters. The molecule has 3 aromatic rings. The highest BCUT2D eigenvalue weighted by Gasteiger charge is 2.13. The van der Waals surface area contributed by atoms with E-state index in [1.807, 2.05) is 30.3 Å². The summed E-state index contributed by atoms with van der Waals surface area (Å²) in [6, 6.07) is 19.8. The maximum absolute atomic E-state index is 12.7.